The predicted molar refractivity (Wildman–Crippen MR) is 91.4 cm³/mol. The Bertz CT molecular complexity index is 682. The minimum Gasteiger partial charge on any atom is -0.497 e. The molecule has 0 aliphatic heterocycles. The minimum atomic E-state index is -1.04. The van der Waals surface area contributed by atoms with E-state index in [4.69, 9.17) is 4.74 Å². The van der Waals surface area contributed by atoms with Crippen molar-refractivity contribution < 1.29 is 19.4 Å². The molecule has 0 bridgehead atoms. The number of nitrogens with one attached hydrogen (secondary N) is 1. The van der Waals surface area contributed by atoms with Crippen LogP contribution in [-0.4, -0.2) is 30.0 Å². The summed E-state index contributed by atoms with van der Waals surface area (Å²) in [5.41, 5.74) is 1.44. The molecule has 126 valence electrons. The van der Waals surface area contributed by atoms with E-state index in [1.54, 1.807) is 31.4 Å². The van der Waals surface area contributed by atoms with Gasteiger partial charge >= 0.3 is 5.97 Å². The van der Waals surface area contributed by atoms with E-state index in [1.807, 2.05) is 37.3 Å². The first-order valence-electron chi connectivity index (χ1n) is 7.72. The SMILES string of the molecule is COc1ccc(C(=O)C[C@@H](N[C@@H](C)c2ccccc2)C(=O)O)cc1. The highest BCUT2D eigenvalue weighted by Crippen LogP contribution is 2.16. The number of ether oxygens (including phenoxy) is 1. The zero-order valence-electron chi connectivity index (χ0n) is 13.7. The lowest BCUT2D eigenvalue weighted by Gasteiger charge is -2.20. The lowest BCUT2D eigenvalue weighted by Crippen LogP contribution is -2.40. The summed E-state index contributed by atoms with van der Waals surface area (Å²) in [6.07, 6.45) is -0.112. The van der Waals surface area contributed by atoms with E-state index in [2.05, 4.69) is 5.32 Å². The highest BCUT2D eigenvalue weighted by Gasteiger charge is 2.24. The van der Waals surface area contributed by atoms with Gasteiger partial charge in [-0.15, -0.1) is 0 Å². The second-order valence-electron chi connectivity index (χ2n) is 5.55. The van der Waals surface area contributed by atoms with Crippen molar-refractivity contribution in [3.05, 3.63) is 65.7 Å². The first kappa shape index (κ1) is 17.7. The predicted octanol–water partition coefficient (Wildman–Crippen LogP) is 3.07. The number of rotatable bonds is 8. The van der Waals surface area contributed by atoms with Gasteiger partial charge in [-0.2, -0.15) is 0 Å². The van der Waals surface area contributed by atoms with Crippen molar-refractivity contribution in [3.63, 3.8) is 0 Å². The Morgan fingerprint density at radius 2 is 1.71 bits per heavy atom. The van der Waals surface area contributed by atoms with Crippen LogP contribution in [0.25, 0.3) is 0 Å². The topological polar surface area (TPSA) is 75.6 Å². The first-order chi connectivity index (χ1) is 11.5. The van der Waals surface area contributed by atoms with Crippen molar-refractivity contribution in [3.8, 4) is 5.75 Å². The van der Waals surface area contributed by atoms with Crippen LogP contribution in [0.4, 0.5) is 0 Å². The zero-order chi connectivity index (χ0) is 17.5. The number of carboxylic acids is 1. The molecule has 2 aromatic carbocycles. The van der Waals surface area contributed by atoms with E-state index in [1.165, 1.54) is 0 Å². The van der Waals surface area contributed by atoms with Crippen molar-refractivity contribution >= 4 is 11.8 Å². The number of Topliss-reactive ketones (excluding diaryl/α,β-unsaturated/α-hetero) is 1. The van der Waals surface area contributed by atoms with Crippen molar-refractivity contribution in [2.75, 3.05) is 7.11 Å². The van der Waals surface area contributed by atoms with Gasteiger partial charge in [0.05, 0.1) is 7.11 Å². The number of ketones is 1. The fraction of sp³-hybridized carbons (Fsp3) is 0.263. The molecule has 2 atom stereocenters. The summed E-state index contributed by atoms with van der Waals surface area (Å²) in [5, 5.41) is 12.4. The van der Waals surface area contributed by atoms with Crippen LogP contribution in [0.2, 0.25) is 0 Å². The highest BCUT2D eigenvalue weighted by atomic mass is 16.5. The molecule has 0 aromatic heterocycles. The second-order valence-corrected chi connectivity index (χ2v) is 5.55. The Hall–Kier alpha value is -2.66. The molecule has 0 fully saturated rings. The third kappa shape index (κ3) is 4.67. The lowest BCUT2D eigenvalue weighted by atomic mass is 10.0. The van der Waals surface area contributed by atoms with Crippen LogP contribution >= 0.6 is 0 Å². The summed E-state index contributed by atoms with van der Waals surface area (Å²) < 4.78 is 5.05. The molecule has 5 heteroatoms. The average Bonchev–Trinajstić information content (AvgIpc) is 2.61. The Labute approximate surface area is 141 Å². The molecule has 2 aromatic rings. The quantitative estimate of drug-likeness (QED) is 0.729. The van der Waals surface area contributed by atoms with Gasteiger partial charge in [-0.25, -0.2) is 0 Å². The van der Waals surface area contributed by atoms with Crippen LogP contribution < -0.4 is 10.1 Å². The van der Waals surface area contributed by atoms with E-state index in [0.717, 1.165) is 5.56 Å². The summed E-state index contributed by atoms with van der Waals surface area (Å²) >= 11 is 0. The molecule has 0 amide bonds. The van der Waals surface area contributed by atoms with Gasteiger partial charge in [-0.3, -0.25) is 14.9 Å². The number of hydrogen-bond donors (Lipinski definition) is 2. The summed E-state index contributed by atoms with van der Waals surface area (Å²) in [4.78, 5) is 23.8. The van der Waals surface area contributed by atoms with Gasteiger partial charge in [0.25, 0.3) is 0 Å². The molecule has 5 nitrogen and oxygen atoms in total. The average molecular weight is 327 g/mol. The van der Waals surface area contributed by atoms with Gasteiger partial charge in [0.1, 0.15) is 11.8 Å². The maximum Gasteiger partial charge on any atom is 0.321 e. The summed E-state index contributed by atoms with van der Waals surface area (Å²) in [7, 11) is 1.55. The fourth-order valence-corrected chi connectivity index (χ4v) is 2.44. The molecule has 0 saturated carbocycles. The summed E-state index contributed by atoms with van der Waals surface area (Å²) in [6, 6.07) is 15.1. The van der Waals surface area contributed by atoms with Gasteiger partial charge in [-0.05, 0) is 36.8 Å². The number of hydrogen-bond acceptors (Lipinski definition) is 4. The molecule has 0 heterocycles. The molecule has 0 unspecified atom stereocenters. The van der Waals surface area contributed by atoms with Crippen molar-refractivity contribution in [2.45, 2.75) is 25.4 Å². The van der Waals surface area contributed by atoms with Gasteiger partial charge in [0, 0.05) is 18.0 Å². The molecule has 0 spiro atoms. The molecule has 0 aliphatic carbocycles. The van der Waals surface area contributed by atoms with Crippen LogP contribution in [0.3, 0.4) is 0 Å². The van der Waals surface area contributed by atoms with E-state index >= 15 is 0 Å². The van der Waals surface area contributed by atoms with E-state index in [9.17, 15) is 14.7 Å². The Kier molecular flexibility index (Phi) is 6.09. The van der Waals surface area contributed by atoms with Crippen LogP contribution in [0, 0.1) is 0 Å². The minimum absolute atomic E-state index is 0.112. The molecule has 0 aliphatic rings. The normalized spacial score (nSPS) is 13.1. The molecule has 0 radical (unpaired) electrons. The highest BCUT2D eigenvalue weighted by molar-refractivity contribution is 5.98. The Morgan fingerprint density at radius 1 is 1.08 bits per heavy atom. The summed E-state index contributed by atoms with van der Waals surface area (Å²) in [6.45, 7) is 1.88. The second kappa shape index (κ2) is 8.26. The molecule has 0 saturated heterocycles. The Morgan fingerprint density at radius 3 is 2.25 bits per heavy atom. The largest absolute Gasteiger partial charge is 0.497 e. The molecule has 2 N–H and O–H groups in total. The maximum absolute atomic E-state index is 12.3. The number of carbonyl (C=O) groups excluding carboxylic acids is 1. The van der Waals surface area contributed by atoms with Gasteiger partial charge in [-0.1, -0.05) is 30.3 Å². The van der Waals surface area contributed by atoms with Gasteiger partial charge in [0.15, 0.2) is 5.78 Å². The number of aliphatic carboxylic acids is 1. The molecular weight excluding hydrogens is 306 g/mol. The lowest BCUT2D eigenvalue weighted by molar-refractivity contribution is -0.139. The number of carbonyl (C=O) groups is 2. The number of benzene rings is 2. The van der Waals surface area contributed by atoms with Crippen LogP contribution in [0.1, 0.15) is 35.3 Å². The van der Waals surface area contributed by atoms with Crippen LogP contribution in [0.15, 0.2) is 54.6 Å². The standard InChI is InChI=1S/C19H21NO4/c1-13(14-6-4-3-5-7-14)20-17(19(22)23)12-18(21)15-8-10-16(24-2)11-9-15/h3-11,13,17,20H,12H2,1-2H3,(H,22,23)/t13-,17+/m0/s1. The molecule has 24 heavy (non-hydrogen) atoms. The maximum atomic E-state index is 12.3. The van der Waals surface area contributed by atoms with Gasteiger partial charge in [0.2, 0.25) is 0 Å². The van der Waals surface area contributed by atoms with E-state index < -0.39 is 12.0 Å². The van der Waals surface area contributed by atoms with Crippen molar-refractivity contribution in [1.29, 1.82) is 0 Å². The fourth-order valence-electron chi connectivity index (χ4n) is 2.44. The third-order valence-corrected chi connectivity index (χ3v) is 3.85. The smallest absolute Gasteiger partial charge is 0.321 e. The summed E-state index contributed by atoms with van der Waals surface area (Å²) in [5.74, 6) is -0.616. The number of methoxy groups -OCH3 is 1. The van der Waals surface area contributed by atoms with E-state index in [0.29, 0.717) is 11.3 Å². The first-order valence-corrected chi connectivity index (χ1v) is 7.72. The van der Waals surface area contributed by atoms with Gasteiger partial charge < -0.3 is 9.84 Å². The molecular formula is C19H21NO4. The third-order valence-electron chi connectivity index (χ3n) is 3.85. The van der Waals surface area contributed by atoms with Crippen LogP contribution in [-0.2, 0) is 4.79 Å². The number of carboxylic acid groups (broad SMARTS) is 1. The monoisotopic (exact) mass is 327 g/mol. The van der Waals surface area contributed by atoms with E-state index in [-0.39, 0.29) is 18.2 Å². The molecule has 2 rings (SSSR count). The van der Waals surface area contributed by atoms with Crippen molar-refractivity contribution in [2.24, 2.45) is 0 Å². The van der Waals surface area contributed by atoms with Crippen LogP contribution in [0.5, 0.6) is 5.75 Å². The zero-order valence-corrected chi connectivity index (χ0v) is 13.7. The Balaban J connectivity index is 2.04. The van der Waals surface area contributed by atoms with Crippen molar-refractivity contribution in [1.82, 2.24) is 5.32 Å².